The van der Waals surface area contributed by atoms with Gasteiger partial charge in [-0.05, 0) is 45.6 Å². The highest BCUT2D eigenvalue weighted by Gasteiger charge is 2.01. The Kier molecular flexibility index (Phi) is 7.57. The first-order chi connectivity index (χ1) is 8.72. The van der Waals surface area contributed by atoms with E-state index in [1.807, 2.05) is 13.0 Å². The number of hydrogen-bond donors (Lipinski definition) is 1. The molecule has 0 saturated carbocycles. The highest BCUT2D eigenvalue weighted by Crippen LogP contribution is 2.01. The number of pyridine rings is 1. The van der Waals surface area contributed by atoms with E-state index < -0.39 is 0 Å². The number of methoxy groups -OCH3 is 1. The molecule has 0 aromatic carbocycles. The Bertz CT molecular complexity index is 331. The molecule has 0 unspecified atom stereocenters. The molecule has 102 valence electrons. The lowest BCUT2D eigenvalue weighted by molar-refractivity contribution is 0.198. The summed E-state index contributed by atoms with van der Waals surface area (Å²) in [4.78, 5) is 6.81. The maximum Gasteiger partial charge on any atom is 0.0587 e. The van der Waals surface area contributed by atoms with Crippen molar-refractivity contribution in [3.05, 3.63) is 29.6 Å². The monoisotopic (exact) mass is 251 g/mol. The van der Waals surface area contributed by atoms with Gasteiger partial charge in [-0.25, -0.2) is 0 Å². The van der Waals surface area contributed by atoms with E-state index in [4.69, 9.17) is 4.74 Å². The average molecular weight is 251 g/mol. The van der Waals surface area contributed by atoms with Crippen LogP contribution in [0.2, 0.25) is 0 Å². The molecule has 0 fully saturated rings. The van der Waals surface area contributed by atoms with Crippen LogP contribution in [0.25, 0.3) is 0 Å². The van der Waals surface area contributed by atoms with Gasteiger partial charge in [0.1, 0.15) is 0 Å². The summed E-state index contributed by atoms with van der Waals surface area (Å²) >= 11 is 0. The third-order valence-electron chi connectivity index (χ3n) is 2.75. The van der Waals surface area contributed by atoms with Gasteiger partial charge in [-0.3, -0.25) is 4.98 Å². The van der Waals surface area contributed by atoms with Crippen LogP contribution < -0.4 is 5.32 Å². The van der Waals surface area contributed by atoms with Gasteiger partial charge < -0.3 is 15.0 Å². The van der Waals surface area contributed by atoms with Crippen LogP contribution in [0.4, 0.5) is 0 Å². The van der Waals surface area contributed by atoms with Gasteiger partial charge in [0.2, 0.25) is 0 Å². The summed E-state index contributed by atoms with van der Waals surface area (Å²) in [5.41, 5.74) is 2.23. The number of aromatic nitrogens is 1. The van der Waals surface area contributed by atoms with Crippen molar-refractivity contribution in [2.75, 3.05) is 40.4 Å². The minimum absolute atomic E-state index is 0.781. The van der Waals surface area contributed by atoms with E-state index in [2.05, 4.69) is 34.4 Å². The fourth-order valence-electron chi connectivity index (χ4n) is 1.82. The Hall–Kier alpha value is -0.970. The molecule has 18 heavy (non-hydrogen) atoms. The largest absolute Gasteiger partial charge is 0.383 e. The Morgan fingerprint density at radius 3 is 2.89 bits per heavy atom. The molecule has 0 atom stereocenters. The molecule has 1 aromatic rings. The van der Waals surface area contributed by atoms with Crippen LogP contribution in [-0.4, -0.2) is 50.3 Å². The average Bonchev–Trinajstić information content (AvgIpc) is 2.33. The molecule has 1 N–H and O–H groups in total. The Labute approximate surface area is 110 Å². The van der Waals surface area contributed by atoms with Crippen molar-refractivity contribution in [1.29, 1.82) is 0 Å². The van der Waals surface area contributed by atoms with Crippen molar-refractivity contribution < 1.29 is 4.74 Å². The maximum absolute atomic E-state index is 4.98. The van der Waals surface area contributed by atoms with Crippen LogP contribution in [0.1, 0.15) is 17.8 Å². The number of hydrogen-bond acceptors (Lipinski definition) is 4. The topological polar surface area (TPSA) is 37.4 Å². The maximum atomic E-state index is 4.98. The number of rotatable bonds is 9. The van der Waals surface area contributed by atoms with Crippen molar-refractivity contribution >= 4 is 0 Å². The second kappa shape index (κ2) is 9.03. The van der Waals surface area contributed by atoms with E-state index in [1.165, 1.54) is 0 Å². The lowest BCUT2D eigenvalue weighted by atomic mass is 10.3. The van der Waals surface area contributed by atoms with Gasteiger partial charge in [0.05, 0.1) is 12.3 Å². The SMILES string of the molecule is COCCNCCCN(C)Cc1cccc(C)n1. The standard InChI is InChI=1S/C14H25N3O/c1-13-6-4-7-14(16-13)12-17(2)10-5-8-15-9-11-18-3/h4,6-7,15H,5,8-12H2,1-3H3. The minimum atomic E-state index is 0.781. The van der Waals surface area contributed by atoms with Crippen LogP contribution in [-0.2, 0) is 11.3 Å². The van der Waals surface area contributed by atoms with Crippen LogP contribution in [0.3, 0.4) is 0 Å². The lowest BCUT2D eigenvalue weighted by Gasteiger charge is -2.16. The normalized spacial score (nSPS) is 11.1. The van der Waals surface area contributed by atoms with E-state index in [1.54, 1.807) is 7.11 Å². The van der Waals surface area contributed by atoms with Gasteiger partial charge in [0.25, 0.3) is 0 Å². The highest BCUT2D eigenvalue weighted by molar-refractivity contribution is 5.09. The van der Waals surface area contributed by atoms with Gasteiger partial charge in [0.15, 0.2) is 0 Å². The summed E-state index contributed by atoms with van der Waals surface area (Å²) in [6.45, 7) is 6.77. The first kappa shape index (κ1) is 15.1. The summed E-state index contributed by atoms with van der Waals surface area (Å²) in [7, 11) is 3.86. The predicted octanol–water partition coefficient (Wildman–Crippen LogP) is 1.45. The van der Waals surface area contributed by atoms with Crippen molar-refractivity contribution in [3.8, 4) is 0 Å². The minimum Gasteiger partial charge on any atom is -0.383 e. The third-order valence-corrected chi connectivity index (χ3v) is 2.75. The van der Waals surface area contributed by atoms with Gasteiger partial charge in [0, 0.05) is 25.9 Å². The molecule has 1 heterocycles. The zero-order chi connectivity index (χ0) is 13.2. The first-order valence-electron chi connectivity index (χ1n) is 6.53. The van der Waals surface area contributed by atoms with Gasteiger partial charge in [-0.1, -0.05) is 6.07 Å². The second-order valence-corrected chi connectivity index (χ2v) is 4.60. The molecule has 0 radical (unpaired) electrons. The summed E-state index contributed by atoms with van der Waals surface area (Å²) in [6, 6.07) is 6.18. The first-order valence-corrected chi connectivity index (χ1v) is 6.53. The predicted molar refractivity (Wildman–Crippen MR) is 74.7 cm³/mol. The Morgan fingerprint density at radius 1 is 1.33 bits per heavy atom. The molecule has 0 aliphatic heterocycles. The fraction of sp³-hybridized carbons (Fsp3) is 0.643. The van der Waals surface area contributed by atoms with E-state index in [9.17, 15) is 0 Å². The molecule has 0 spiro atoms. The molecule has 0 saturated heterocycles. The number of nitrogens with zero attached hydrogens (tertiary/aromatic N) is 2. The Balaban J connectivity index is 2.12. The second-order valence-electron chi connectivity index (χ2n) is 4.60. The molecular weight excluding hydrogens is 226 g/mol. The highest BCUT2D eigenvalue weighted by atomic mass is 16.5. The number of ether oxygens (including phenoxy) is 1. The molecule has 4 heteroatoms. The van der Waals surface area contributed by atoms with Crippen molar-refractivity contribution in [2.24, 2.45) is 0 Å². The van der Waals surface area contributed by atoms with Gasteiger partial charge >= 0.3 is 0 Å². The summed E-state index contributed by atoms with van der Waals surface area (Å²) in [6.07, 6.45) is 1.14. The van der Waals surface area contributed by atoms with Crippen molar-refractivity contribution in [2.45, 2.75) is 19.9 Å². The van der Waals surface area contributed by atoms with Crippen molar-refractivity contribution in [3.63, 3.8) is 0 Å². The van der Waals surface area contributed by atoms with Crippen LogP contribution in [0.5, 0.6) is 0 Å². The van der Waals surface area contributed by atoms with Gasteiger partial charge in [-0.2, -0.15) is 0 Å². The smallest absolute Gasteiger partial charge is 0.0587 e. The molecule has 0 amide bonds. The quantitative estimate of drug-likeness (QED) is 0.674. The molecule has 4 nitrogen and oxygen atoms in total. The summed E-state index contributed by atoms with van der Waals surface area (Å²) in [5.74, 6) is 0. The van der Waals surface area contributed by atoms with Crippen LogP contribution in [0, 0.1) is 6.92 Å². The Morgan fingerprint density at radius 2 is 2.17 bits per heavy atom. The summed E-state index contributed by atoms with van der Waals surface area (Å²) in [5, 5.41) is 3.35. The van der Waals surface area contributed by atoms with Crippen LogP contribution >= 0.6 is 0 Å². The van der Waals surface area contributed by atoms with Crippen molar-refractivity contribution in [1.82, 2.24) is 15.2 Å². The van der Waals surface area contributed by atoms with E-state index in [0.29, 0.717) is 0 Å². The molecule has 0 aliphatic rings. The molecular formula is C14H25N3O. The summed E-state index contributed by atoms with van der Waals surface area (Å²) < 4.78 is 4.98. The van der Waals surface area contributed by atoms with E-state index in [0.717, 1.165) is 50.6 Å². The molecule has 1 rings (SSSR count). The third kappa shape index (κ3) is 6.69. The lowest BCUT2D eigenvalue weighted by Crippen LogP contribution is -2.26. The zero-order valence-corrected chi connectivity index (χ0v) is 11.8. The molecule has 0 bridgehead atoms. The molecule has 1 aromatic heterocycles. The number of aryl methyl sites for hydroxylation is 1. The zero-order valence-electron chi connectivity index (χ0n) is 11.8. The van der Waals surface area contributed by atoms with Gasteiger partial charge in [-0.15, -0.1) is 0 Å². The molecule has 0 aliphatic carbocycles. The fourth-order valence-corrected chi connectivity index (χ4v) is 1.82. The van der Waals surface area contributed by atoms with E-state index >= 15 is 0 Å². The van der Waals surface area contributed by atoms with Crippen LogP contribution in [0.15, 0.2) is 18.2 Å². The van der Waals surface area contributed by atoms with E-state index in [-0.39, 0.29) is 0 Å². The number of nitrogens with one attached hydrogen (secondary N) is 1.